The first kappa shape index (κ1) is 24.6. The summed E-state index contributed by atoms with van der Waals surface area (Å²) >= 11 is 0. The minimum Gasteiger partial charge on any atom is -0.399 e. The molecule has 6 heteroatoms. The molecule has 2 aromatic carbocycles. The smallest absolute Gasteiger partial charge is 0.179 e. The van der Waals surface area contributed by atoms with Crippen LogP contribution in [0.25, 0.3) is 0 Å². The molecule has 32 heavy (non-hydrogen) atoms. The van der Waals surface area contributed by atoms with Gasteiger partial charge in [0.15, 0.2) is 9.84 Å². The molecule has 1 aliphatic heterocycles. The molecule has 0 amide bonds. The third-order valence-corrected chi connectivity index (χ3v) is 8.92. The molecule has 3 rings (SSSR count). The molecule has 5 nitrogen and oxygen atoms in total. The van der Waals surface area contributed by atoms with Crippen molar-refractivity contribution in [2.75, 3.05) is 30.5 Å². The van der Waals surface area contributed by atoms with Gasteiger partial charge in [0.05, 0.1) is 16.8 Å². The van der Waals surface area contributed by atoms with E-state index in [0.29, 0.717) is 29.0 Å². The van der Waals surface area contributed by atoms with E-state index in [2.05, 4.69) is 13.8 Å². The number of nitrogens with zero attached hydrogens (tertiary/aromatic N) is 1. The molecule has 0 saturated heterocycles. The third-order valence-electron chi connectivity index (χ3n) is 6.93. The van der Waals surface area contributed by atoms with Crippen LogP contribution in [0.5, 0.6) is 0 Å². The highest BCUT2D eigenvalue weighted by atomic mass is 32.2. The molecule has 0 saturated carbocycles. The molecule has 176 valence electrons. The summed E-state index contributed by atoms with van der Waals surface area (Å²) in [4.78, 5) is 2.30. The van der Waals surface area contributed by atoms with Crippen LogP contribution < -0.4 is 10.6 Å². The van der Waals surface area contributed by atoms with Gasteiger partial charge in [0.1, 0.15) is 0 Å². The van der Waals surface area contributed by atoms with Gasteiger partial charge in [0, 0.05) is 36.8 Å². The molecule has 0 spiro atoms. The van der Waals surface area contributed by atoms with Crippen molar-refractivity contribution in [3.8, 4) is 0 Å². The molecule has 3 N–H and O–H groups in total. The number of hydrogen-bond acceptors (Lipinski definition) is 5. The number of hydrogen-bond donors (Lipinski definition) is 2. The summed E-state index contributed by atoms with van der Waals surface area (Å²) in [6.45, 7) is 4.22. The Morgan fingerprint density at radius 1 is 1.06 bits per heavy atom. The molecular formula is C26H38N2O3S. The van der Waals surface area contributed by atoms with Crippen LogP contribution in [0.2, 0.25) is 0 Å². The van der Waals surface area contributed by atoms with Crippen molar-refractivity contribution in [2.45, 2.75) is 69.3 Å². The van der Waals surface area contributed by atoms with Gasteiger partial charge < -0.3 is 15.7 Å². The van der Waals surface area contributed by atoms with Crippen LogP contribution >= 0.6 is 0 Å². The fourth-order valence-electron chi connectivity index (χ4n) is 5.14. The monoisotopic (exact) mass is 458 g/mol. The second-order valence-electron chi connectivity index (χ2n) is 9.54. The van der Waals surface area contributed by atoms with Crippen LogP contribution in [0.15, 0.2) is 47.4 Å². The lowest BCUT2D eigenvalue weighted by Gasteiger charge is -2.40. The first-order valence-electron chi connectivity index (χ1n) is 11.7. The molecule has 2 aromatic rings. The van der Waals surface area contributed by atoms with Gasteiger partial charge in [0.25, 0.3) is 0 Å². The molecule has 1 aliphatic rings. The Balaban J connectivity index is 2.31. The highest BCUT2D eigenvalue weighted by molar-refractivity contribution is 7.91. The maximum absolute atomic E-state index is 13.8. The van der Waals surface area contributed by atoms with Gasteiger partial charge in [0.2, 0.25) is 0 Å². The normalized spacial score (nSPS) is 21.5. The molecule has 0 bridgehead atoms. The summed E-state index contributed by atoms with van der Waals surface area (Å²) in [6.07, 6.45) is 4.26. The number of anilines is 2. The van der Waals surface area contributed by atoms with Crippen molar-refractivity contribution in [2.24, 2.45) is 5.41 Å². The summed E-state index contributed by atoms with van der Waals surface area (Å²) in [5.74, 6) is -0.478. The lowest BCUT2D eigenvalue weighted by Crippen LogP contribution is -2.43. The summed E-state index contributed by atoms with van der Waals surface area (Å²) in [7, 11) is 0.289. The first-order chi connectivity index (χ1) is 15.1. The zero-order chi connectivity index (χ0) is 23.5. The number of nitrogen functional groups attached to an aromatic ring is 1. The molecule has 0 radical (unpaired) electrons. The van der Waals surface area contributed by atoms with E-state index in [1.165, 1.54) is 0 Å². The van der Waals surface area contributed by atoms with E-state index in [9.17, 15) is 13.5 Å². The molecule has 0 aliphatic carbocycles. The molecule has 2 atom stereocenters. The Bertz CT molecular complexity index is 1030. The van der Waals surface area contributed by atoms with E-state index in [4.69, 9.17) is 5.73 Å². The van der Waals surface area contributed by atoms with Crippen LogP contribution in [0, 0.1) is 5.41 Å². The van der Waals surface area contributed by atoms with Crippen molar-refractivity contribution in [3.05, 3.63) is 53.6 Å². The minimum atomic E-state index is -3.58. The number of nitrogens with two attached hydrogens (primary N) is 1. The van der Waals surface area contributed by atoms with Gasteiger partial charge >= 0.3 is 0 Å². The maximum atomic E-state index is 13.8. The van der Waals surface area contributed by atoms with Gasteiger partial charge in [-0.05, 0) is 54.3 Å². The number of rotatable bonds is 8. The second kappa shape index (κ2) is 9.84. The predicted octanol–water partition coefficient (Wildman–Crippen LogP) is 4.98. The highest BCUT2D eigenvalue weighted by Crippen LogP contribution is 2.50. The van der Waals surface area contributed by atoms with Crippen molar-refractivity contribution >= 4 is 21.2 Å². The maximum Gasteiger partial charge on any atom is 0.179 e. The fourth-order valence-corrected chi connectivity index (χ4v) is 7.33. The van der Waals surface area contributed by atoms with E-state index >= 15 is 0 Å². The van der Waals surface area contributed by atoms with Crippen LogP contribution in [-0.2, 0) is 9.84 Å². The van der Waals surface area contributed by atoms with E-state index in [1.54, 1.807) is 6.07 Å². The third kappa shape index (κ3) is 4.81. The molecule has 1 unspecified atom stereocenters. The SMILES string of the molecule is CCCCC1(CCCC)CS(=O)(=O)c2ccc(N(C)C)cc2[C@@H](c2cccc(N)c2)C1O. The molecular weight excluding hydrogens is 420 g/mol. The van der Waals surface area contributed by atoms with Crippen LogP contribution in [0.3, 0.4) is 0 Å². The topological polar surface area (TPSA) is 83.6 Å². The van der Waals surface area contributed by atoms with Gasteiger partial charge in [-0.1, -0.05) is 51.7 Å². The fraction of sp³-hybridized carbons (Fsp3) is 0.538. The van der Waals surface area contributed by atoms with E-state index in [-0.39, 0.29) is 5.75 Å². The van der Waals surface area contributed by atoms with Crippen LogP contribution in [0.4, 0.5) is 11.4 Å². The Kier molecular flexibility index (Phi) is 7.56. The van der Waals surface area contributed by atoms with E-state index in [1.807, 2.05) is 55.4 Å². The zero-order valence-corrected chi connectivity index (χ0v) is 20.7. The molecule has 0 fully saturated rings. The Morgan fingerprint density at radius 3 is 2.28 bits per heavy atom. The van der Waals surface area contributed by atoms with Crippen LogP contribution in [-0.4, -0.2) is 39.5 Å². The lowest BCUT2D eigenvalue weighted by molar-refractivity contribution is 0.0127. The van der Waals surface area contributed by atoms with Crippen molar-refractivity contribution in [3.63, 3.8) is 0 Å². The van der Waals surface area contributed by atoms with Crippen LogP contribution in [0.1, 0.15) is 69.4 Å². The number of benzene rings is 2. The largest absolute Gasteiger partial charge is 0.399 e. The Labute approximate surface area is 193 Å². The summed E-state index contributed by atoms with van der Waals surface area (Å²) in [5.41, 5.74) is 8.48. The number of fused-ring (bicyclic) bond motifs is 1. The number of sulfone groups is 1. The quantitative estimate of drug-likeness (QED) is 0.545. The number of unbranched alkanes of at least 4 members (excludes halogenated alkanes) is 2. The van der Waals surface area contributed by atoms with Gasteiger partial charge in [-0.3, -0.25) is 0 Å². The Morgan fingerprint density at radius 2 is 1.72 bits per heavy atom. The number of aliphatic hydroxyl groups is 1. The summed E-state index contributed by atoms with van der Waals surface area (Å²) in [5, 5.41) is 12.0. The average molecular weight is 459 g/mol. The van der Waals surface area contributed by atoms with Crippen molar-refractivity contribution < 1.29 is 13.5 Å². The lowest BCUT2D eigenvalue weighted by atomic mass is 9.68. The van der Waals surface area contributed by atoms with Crippen molar-refractivity contribution in [1.82, 2.24) is 0 Å². The summed E-state index contributed by atoms with van der Waals surface area (Å²) in [6, 6.07) is 13.0. The van der Waals surface area contributed by atoms with Gasteiger partial charge in [-0.2, -0.15) is 0 Å². The zero-order valence-electron chi connectivity index (χ0n) is 19.8. The molecule has 1 heterocycles. The predicted molar refractivity (Wildman–Crippen MR) is 133 cm³/mol. The van der Waals surface area contributed by atoms with E-state index in [0.717, 1.165) is 36.9 Å². The average Bonchev–Trinajstić information content (AvgIpc) is 2.82. The minimum absolute atomic E-state index is 0.0196. The second-order valence-corrected chi connectivity index (χ2v) is 11.5. The first-order valence-corrected chi connectivity index (χ1v) is 13.4. The number of aliphatic hydroxyl groups excluding tert-OH is 1. The Hall–Kier alpha value is -2.05. The van der Waals surface area contributed by atoms with E-state index < -0.39 is 27.3 Å². The van der Waals surface area contributed by atoms with Gasteiger partial charge in [-0.25, -0.2) is 8.42 Å². The standard InChI is InChI=1S/C26H38N2O3S/c1-5-7-14-26(15-8-6-2)18-32(30,31)23-13-12-21(28(3)4)17-22(23)24(25(26)29)19-10-9-11-20(27)16-19/h9-13,16-17,24-25,29H,5-8,14-15,18,27H2,1-4H3/t24-,25?/m1/s1. The summed E-state index contributed by atoms with van der Waals surface area (Å²) < 4.78 is 27.5. The van der Waals surface area contributed by atoms with Gasteiger partial charge in [-0.15, -0.1) is 0 Å². The molecule has 0 aromatic heterocycles. The highest BCUT2D eigenvalue weighted by Gasteiger charge is 2.49. The van der Waals surface area contributed by atoms with Crippen molar-refractivity contribution in [1.29, 1.82) is 0 Å².